The first-order chi connectivity index (χ1) is 14.3. The number of aromatic hydroxyl groups is 2. The van der Waals surface area contributed by atoms with Crippen LogP contribution in [0.1, 0.15) is 79.4 Å². The summed E-state index contributed by atoms with van der Waals surface area (Å²) in [5.41, 5.74) is 10.3. The zero-order valence-electron chi connectivity index (χ0n) is 18.3. The van der Waals surface area contributed by atoms with Crippen LogP contribution >= 0.6 is 0 Å². The first-order valence-corrected chi connectivity index (χ1v) is 11.0. The van der Waals surface area contributed by atoms with Crippen molar-refractivity contribution >= 4 is 5.91 Å². The summed E-state index contributed by atoms with van der Waals surface area (Å²) in [7, 11) is 0. The molecule has 2 aromatic carbocycles. The van der Waals surface area contributed by atoms with E-state index in [1.54, 1.807) is 6.07 Å². The number of amides is 1. The van der Waals surface area contributed by atoms with Gasteiger partial charge in [0.25, 0.3) is 5.91 Å². The number of piperidine rings is 1. The van der Waals surface area contributed by atoms with Crippen LogP contribution in [0.3, 0.4) is 0 Å². The number of rotatable bonds is 6. The number of phenols is 2. The van der Waals surface area contributed by atoms with E-state index in [1.165, 1.54) is 23.3 Å². The lowest BCUT2D eigenvalue weighted by Crippen LogP contribution is -2.45. The maximum Gasteiger partial charge on any atom is 0.253 e. The Hall–Kier alpha value is -2.53. The van der Waals surface area contributed by atoms with E-state index >= 15 is 0 Å². The van der Waals surface area contributed by atoms with E-state index < -0.39 is 0 Å². The molecule has 3 rings (SSSR count). The summed E-state index contributed by atoms with van der Waals surface area (Å²) in [5.74, 6) is -0.104. The van der Waals surface area contributed by atoms with Crippen molar-refractivity contribution < 1.29 is 15.0 Å². The van der Waals surface area contributed by atoms with Crippen molar-refractivity contribution in [3.8, 4) is 11.5 Å². The van der Waals surface area contributed by atoms with E-state index in [0.717, 1.165) is 31.2 Å². The second-order valence-electron chi connectivity index (χ2n) is 8.56. The van der Waals surface area contributed by atoms with E-state index in [9.17, 15) is 15.0 Å². The summed E-state index contributed by atoms with van der Waals surface area (Å²) >= 11 is 0. The van der Waals surface area contributed by atoms with Gasteiger partial charge in [-0.25, -0.2) is 0 Å². The molecule has 0 aromatic heterocycles. The molecule has 1 aliphatic rings. The summed E-state index contributed by atoms with van der Waals surface area (Å²) < 4.78 is 0. The van der Waals surface area contributed by atoms with Crippen molar-refractivity contribution in [1.29, 1.82) is 0 Å². The quantitative estimate of drug-likeness (QED) is 0.605. The zero-order valence-corrected chi connectivity index (χ0v) is 18.3. The van der Waals surface area contributed by atoms with Crippen LogP contribution in [0.5, 0.6) is 11.5 Å². The summed E-state index contributed by atoms with van der Waals surface area (Å²) in [5, 5.41) is 19.3. The van der Waals surface area contributed by atoms with Crippen LogP contribution in [-0.4, -0.2) is 34.1 Å². The Morgan fingerprint density at radius 2 is 1.80 bits per heavy atom. The minimum Gasteiger partial charge on any atom is -0.504 e. The molecule has 4 N–H and O–H groups in total. The number of benzene rings is 2. The molecule has 0 spiro atoms. The predicted molar refractivity (Wildman–Crippen MR) is 120 cm³/mol. The fourth-order valence-electron chi connectivity index (χ4n) is 4.63. The number of phenolic OH excluding ortho intramolecular Hbond substituents is 2. The van der Waals surface area contributed by atoms with Gasteiger partial charge in [-0.3, -0.25) is 4.79 Å². The minimum absolute atomic E-state index is 0.0395. The van der Waals surface area contributed by atoms with Crippen molar-refractivity contribution in [2.24, 2.45) is 5.73 Å². The molecule has 1 aliphatic heterocycles. The Balaban J connectivity index is 1.86. The van der Waals surface area contributed by atoms with E-state index in [4.69, 9.17) is 5.73 Å². The molecule has 5 nitrogen and oxygen atoms in total. The van der Waals surface area contributed by atoms with Crippen LogP contribution in [0.25, 0.3) is 0 Å². The van der Waals surface area contributed by atoms with Gasteiger partial charge in [0.05, 0.1) is 0 Å². The molecule has 0 aliphatic carbocycles. The molecule has 0 saturated carbocycles. The number of nitrogens with two attached hydrogens (primary N) is 1. The van der Waals surface area contributed by atoms with Crippen LogP contribution in [0.4, 0.5) is 0 Å². The highest BCUT2D eigenvalue weighted by molar-refractivity contribution is 5.95. The smallest absolute Gasteiger partial charge is 0.253 e. The Morgan fingerprint density at radius 1 is 1.10 bits per heavy atom. The molecule has 1 fully saturated rings. The molecule has 162 valence electrons. The van der Waals surface area contributed by atoms with Crippen LogP contribution in [0.2, 0.25) is 0 Å². The second-order valence-corrected chi connectivity index (χ2v) is 8.56. The Kier molecular flexibility index (Phi) is 6.71. The number of carbonyl (C=O) groups excluding carboxylic acids is 1. The van der Waals surface area contributed by atoms with Crippen LogP contribution < -0.4 is 5.73 Å². The Labute approximate surface area is 179 Å². The number of hydrogen-bond acceptors (Lipinski definition) is 4. The van der Waals surface area contributed by atoms with E-state index in [-0.39, 0.29) is 22.8 Å². The van der Waals surface area contributed by atoms with Gasteiger partial charge >= 0.3 is 0 Å². The summed E-state index contributed by atoms with van der Waals surface area (Å²) in [6.45, 7) is 8.61. The van der Waals surface area contributed by atoms with Gasteiger partial charge in [0.15, 0.2) is 11.5 Å². The molecule has 0 radical (unpaired) electrons. The number of hydrogen-bond donors (Lipinski definition) is 3. The average Bonchev–Trinajstić information content (AvgIpc) is 2.79. The maximum atomic E-state index is 12.9. The summed E-state index contributed by atoms with van der Waals surface area (Å²) in [6, 6.07) is 10.9. The number of nitrogens with zero attached hydrogens (tertiary/aromatic N) is 1. The van der Waals surface area contributed by atoms with Gasteiger partial charge in [-0.05, 0) is 71.9 Å². The third-order valence-electron chi connectivity index (χ3n) is 6.97. The minimum atomic E-state index is -0.266. The van der Waals surface area contributed by atoms with Crippen molar-refractivity contribution in [3.05, 3.63) is 58.7 Å². The fourth-order valence-corrected chi connectivity index (χ4v) is 4.63. The monoisotopic (exact) mass is 410 g/mol. The molecule has 1 heterocycles. The van der Waals surface area contributed by atoms with Crippen molar-refractivity contribution in [1.82, 2.24) is 4.90 Å². The third kappa shape index (κ3) is 4.17. The van der Waals surface area contributed by atoms with Crippen LogP contribution in [0.15, 0.2) is 36.4 Å². The molecule has 30 heavy (non-hydrogen) atoms. The average molecular weight is 411 g/mol. The largest absolute Gasteiger partial charge is 0.504 e. The van der Waals surface area contributed by atoms with Gasteiger partial charge in [-0.1, -0.05) is 39.0 Å². The fraction of sp³-hybridized carbons (Fsp3) is 0.480. The van der Waals surface area contributed by atoms with Crippen LogP contribution in [-0.2, 0) is 12.0 Å². The van der Waals surface area contributed by atoms with Crippen molar-refractivity contribution in [3.63, 3.8) is 0 Å². The van der Waals surface area contributed by atoms with Gasteiger partial charge in [0.1, 0.15) is 0 Å². The predicted octanol–water partition coefficient (Wildman–Crippen LogP) is 4.65. The normalized spacial score (nSPS) is 17.0. The lowest BCUT2D eigenvalue weighted by Gasteiger charge is -2.43. The van der Waals surface area contributed by atoms with Gasteiger partial charge in [0.2, 0.25) is 0 Å². The molecule has 0 bridgehead atoms. The van der Waals surface area contributed by atoms with Gasteiger partial charge < -0.3 is 20.8 Å². The topological polar surface area (TPSA) is 86.8 Å². The van der Waals surface area contributed by atoms with Crippen LogP contribution in [0, 0.1) is 0 Å². The van der Waals surface area contributed by atoms with Crippen molar-refractivity contribution in [2.75, 3.05) is 13.1 Å². The number of likely N-dealkylation sites (tertiary alicyclic amines) is 1. The maximum absolute atomic E-state index is 12.9. The van der Waals surface area contributed by atoms with E-state index in [2.05, 4.69) is 39.0 Å². The molecular formula is C25H34N2O3. The SMILES string of the molecule is CCC(C)c1ccc(CN)cc1C1(CC)CCN(C(=O)c2ccc(O)c(O)c2)CC1. The van der Waals surface area contributed by atoms with Gasteiger partial charge in [-0.15, -0.1) is 0 Å². The molecule has 1 saturated heterocycles. The lowest BCUT2D eigenvalue weighted by atomic mass is 9.67. The van der Waals surface area contributed by atoms with Crippen molar-refractivity contribution in [2.45, 2.75) is 64.3 Å². The zero-order chi connectivity index (χ0) is 21.9. The number of carbonyl (C=O) groups is 1. The highest BCUT2D eigenvalue weighted by atomic mass is 16.3. The third-order valence-corrected chi connectivity index (χ3v) is 6.97. The summed E-state index contributed by atoms with van der Waals surface area (Å²) in [6.07, 6.45) is 3.91. The summed E-state index contributed by atoms with van der Waals surface area (Å²) in [4.78, 5) is 14.8. The first kappa shape index (κ1) is 22.2. The van der Waals surface area contributed by atoms with E-state index in [0.29, 0.717) is 31.1 Å². The highest BCUT2D eigenvalue weighted by Crippen LogP contribution is 2.43. The molecule has 1 atom stereocenters. The Bertz CT molecular complexity index is 901. The Morgan fingerprint density at radius 3 is 2.37 bits per heavy atom. The second kappa shape index (κ2) is 9.09. The standard InChI is InChI=1S/C25H34N2O3/c1-4-17(3)20-8-6-18(16-26)14-21(20)25(5-2)10-12-27(13-11-25)24(30)19-7-9-22(28)23(29)15-19/h6-9,14-15,17,28-29H,4-5,10-13,16,26H2,1-3H3. The lowest BCUT2D eigenvalue weighted by molar-refractivity contribution is 0.0661. The molecule has 1 amide bonds. The first-order valence-electron chi connectivity index (χ1n) is 11.0. The molecule has 2 aromatic rings. The van der Waals surface area contributed by atoms with Gasteiger partial charge in [-0.2, -0.15) is 0 Å². The molecule has 5 heteroatoms. The van der Waals surface area contributed by atoms with E-state index in [1.807, 2.05) is 4.90 Å². The highest BCUT2D eigenvalue weighted by Gasteiger charge is 2.38. The molecule has 1 unspecified atom stereocenters. The van der Waals surface area contributed by atoms with Gasteiger partial charge in [0, 0.05) is 25.2 Å². The molecular weight excluding hydrogens is 376 g/mol.